The minimum Gasteiger partial charge on any atom is -0.508 e. The van der Waals surface area contributed by atoms with E-state index in [1.165, 1.54) is 60.8 Å². The number of nitrogens with one attached hydrogen (secondary N) is 6. The number of aromatic hydroxyl groups is 1. The monoisotopic (exact) mass is 1270 g/mol. The molecule has 4 aromatic rings. The van der Waals surface area contributed by atoms with Gasteiger partial charge in [0.1, 0.15) is 53.6 Å². The smallest absolute Gasteiger partial charge is 0.246 e. The van der Waals surface area contributed by atoms with Crippen LogP contribution >= 0.6 is 0 Å². The van der Waals surface area contributed by atoms with Crippen molar-refractivity contribution in [3.8, 4) is 17.2 Å². The van der Waals surface area contributed by atoms with Crippen molar-refractivity contribution < 1.29 is 53.6 Å². The number of carbonyl (C=O) groups is 6. The van der Waals surface area contributed by atoms with Gasteiger partial charge >= 0.3 is 0 Å². The number of likely N-dealkylation sites (N-methyl/N-ethyl adjacent to an activating group) is 2. The van der Waals surface area contributed by atoms with Crippen LogP contribution in [0.3, 0.4) is 0 Å². The first kappa shape index (κ1) is 69.3. The van der Waals surface area contributed by atoms with Crippen molar-refractivity contribution in [3.05, 3.63) is 124 Å². The molecule has 4 aromatic carbocycles. The number of ether oxygens (including phenoxy) is 2. The van der Waals surface area contributed by atoms with Crippen molar-refractivity contribution >= 4 is 35.4 Å². The largest absolute Gasteiger partial charge is 0.508 e. The molecule has 4 heterocycles. The molecule has 2 aliphatic carbocycles. The quantitative estimate of drug-likeness (QED) is 0.0873. The first-order chi connectivity index (χ1) is 44.0. The van der Waals surface area contributed by atoms with Gasteiger partial charge in [-0.25, -0.2) is 0 Å². The summed E-state index contributed by atoms with van der Waals surface area (Å²) >= 11 is 0. The Morgan fingerprint density at radius 1 is 0.511 bits per heavy atom. The fourth-order valence-electron chi connectivity index (χ4n) is 14.9. The average Bonchev–Trinajstić information content (AvgIpc) is 0.852. The molecule has 4 bridgehead atoms. The van der Waals surface area contributed by atoms with E-state index < -0.39 is 59.3 Å². The summed E-state index contributed by atoms with van der Waals surface area (Å²) in [7, 11) is 3.16. The van der Waals surface area contributed by atoms with E-state index in [0.29, 0.717) is 45.4 Å². The third-order valence-electron chi connectivity index (χ3n) is 19.9. The molecular formula is C73H102N8O11. The van der Waals surface area contributed by atoms with Crippen LogP contribution in [0.1, 0.15) is 164 Å². The predicted octanol–water partition coefficient (Wildman–Crippen LogP) is 6.88. The van der Waals surface area contributed by atoms with Crippen LogP contribution < -0.4 is 41.4 Å². The topological polar surface area (TPSA) is 260 Å². The highest BCUT2D eigenvalue weighted by atomic mass is 16.5. The number of aliphatic hydroxyl groups is 2. The number of para-hydroxylation sites is 2. The molecule has 10 rings (SSSR count). The number of benzene rings is 4. The molecule has 9 N–H and O–H groups in total. The molecule has 19 heteroatoms. The second-order valence-corrected chi connectivity index (χ2v) is 27.9. The maximum absolute atomic E-state index is 14.4. The standard InChI is InChI=1S/C37H52N4O5.C36H50N4O6/c1-24(25-13-7-5-8-14-25)30-34(42)38-22-12-19-27-17-11-18-28-20-21-29(46-32(27)28)23-39-31(26-15-9-6-10-16-26)36(44)41(4)33(35(43)40-30)37(2,3)45;1-36(2,45)32-34(43)39-29(21-23-14-17-27(41)18-15-23)33(42)37-20-8-13-25-11-7-12-26-16-19-28(46-31(25)26)22-38-30(35(44)40(32)3)24-9-5-4-6-10-24/h5,7-8,11,13-14,17-18,24,26,29-31,33,39,45H,6,9-10,12,15-16,19-23H2,1-4H3,(H,38,42)(H,40,43);7,11-12,14-15,17-18,24,28-30,32,38,41,45H,4-6,8-10,13,16,19-22H2,1-3H3,(H,37,42)(H,39,43)/t24?,29?,30-,31+,33-;28?,29-,30+,32-/m11/s1. The van der Waals surface area contributed by atoms with Gasteiger partial charge in [-0.2, -0.15) is 0 Å². The second kappa shape index (κ2) is 31.7. The highest BCUT2D eigenvalue weighted by Crippen LogP contribution is 2.36. The van der Waals surface area contributed by atoms with Crippen LogP contribution in [-0.2, 0) is 60.9 Å². The first-order valence-corrected chi connectivity index (χ1v) is 34.0. The summed E-state index contributed by atoms with van der Waals surface area (Å²) < 4.78 is 13.2. The van der Waals surface area contributed by atoms with Crippen LogP contribution in [0.5, 0.6) is 17.2 Å². The molecule has 4 aliphatic heterocycles. The highest BCUT2D eigenvalue weighted by Gasteiger charge is 2.46. The van der Waals surface area contributed by atoms with Crippen molar-refractivity contribution in [2.24, 2.45) is 11.8 Å². The molecule has 0 saturated heterocycles. The molecule has 0 spiro atoms. The molecule has 92 heavy (non-hydrogen) atoms. The maximum atomic E-state index is 14.4. The minimum absolute atomic E-state index is 0.0926. The van der Waals surface area contributed by atoms with Crippen molar-refractivity contribution in [1.29, 1.82) is 0 Å². The molecule has 0 radical (unpaired) electrons. The first-order valence-electron chi connectivity index (χ1n) is 34.0. The van der Waals surface area contributed by atoms with Gasteiger partial charge in [-0.3, -0.25) is 28.8 Å². The van der Waals surface area contributed by atoms with Gasteiger partial charge in [0.15, 0.2) is 0 Å². The van der Waals surface area contributed by atoms with Crippen LogP contribution in [0.4, 0.5) is 0 Å². The number of hydrogen-bond acceptors (Lipinski definition) is 13. The van der Waals surface area contributed by atoms with Gasteiger partial charge in [-0.05, 0) is 162 Å². The van der Waals surface area contributed by atoms with Crippen molar-refractivity contribution in [2.75, 3.05) is 40.3 Å². The average molecular weight is 1270 g/mol. The molecule has 19 nitrogen and oxygen atoms in total. The Morgan fingerprint density at radius 2 is 0.946 bits per heavy atom. The number of phenols is 1. The minimum atomic E-state index is -1.60. The Morgan fingerprint density at radius 3 is 1.40 bits per heavy atom. The zero-order valence-electron chi connectivity index (χ0n) is 55.3. The molecule has 6 amide bonds. The van der Waals surface area contributed by atoms with E-state index in [0.717, 1.165) is 130 Å². The van der Waals surface area contributed by atoms with Crippen LogP contribution in [0, 0.1) is 11.8 Å². The number of carbonyl (C=O) groups excluding carboxylic acids is 6. The van der Waals surface area contributed by atoms with E-state index in [1.54, 1.807) is 26.2 Å². The third-order valence-corrected chi connectivity index (χ3v) is 19.9. The van der Waals surface area contributed by atoms with Crippen LogP contribution in [-0.4, -0.2) is 160 Å². The lowest BCUT2D eigenvalue weighted by Crippen LogP contribution is -2.64. The van der Waals surface area contributed by atoms with Gasteiger partial charge in [0.25, 0.3) is 0 Å². The van der Waals surface area contributed by atoms with E-state index in [4.69, 9.17) is 9.47 Å². The van der Waals surface area contributed by atoms with E-state index in [2.05, 4.69) is 68.3 Å². The van der Waals surface area contributed by atoms with Gasteiger partial charge in [-0.1, -0.05) is 124 Å². The van der Waals surface area contributed by atoms with E-state index in [1.807, 2.05) is 37.3 Å². The number of rotatable bonds is 8. The third kappa shape index (κ3) is 17.8. The molecular weight excluding hydrogens is 1160 g/mol. The Balaban J connectivity index is 0.000000217. The maximum Gasteiger partial charge on any atom is 0.246 e. The molecule has 0 aromatic heterocycles. The summed E-state index contributed by atoms with van der Waals surface area (Å²) in [5.41, 5.74) is 3.06. The summed E-state index contributed by atoms with van der Waals surface area (Å²) in [6.45, 7) is 9.84. The van der Waals surface area contributed by atoms with Crippen molar-refractivity contribution in [1.82, 2.24) is 41.7 Å². The Bertz CT molecular complexity index is 3140. The molecule has 2 fully saturated rings. The van der Waals surface area contributed by atoms with E-state index >= 15 is 0 Å². The Kier molecular flexibility index (Phi) is 23.9. The van der Waals surface area contributed by atoms with Crippen LogP contribution in [0.15, 0.2) is 91.0 Å². The molecule has 6 aliphatic rings. The highest BCUT2D eigenvalue weighted by molar-refractivity contribution is 5.95. The zero-order valence-corrected chi connectivity index (χ0v) is 55.3. The lowest BCUT2D eigenvalue weighted by Gasteiger charge is -2.40. The Labute approximate surface area is 544 Å². The molecule has 3 unspecified atom stereocenters. The van der Waals surface area contributed by atoms with Crippen LogP contribution in [0.25, 0.3) is 0 Å². The second-order valence-electron chi connectivity index (χ2n) is 27.9. The fraction of sp³-hybridized carbons (Fsp3) is 0.589. The predicted molar refractivity (Wildman–Crippen MR) is 354 cm³/mol. The summed E-state index contributed by atoms with van der Waals surface area (Å²) in [6, 6.07) is 23.2. The molecule has 2 saturated carbocycles. The van der Waals surface area contributed by atoms with Crippen molar-refractivity contribution in [2.45, 2.75) is 222 Å². The lowest BCUT2D eigenvalue weighted by molar-refractivity contribution is -0.151. The van der Waals surface area contributed by atoms with Crippen LogP contribution in [0.2, 0.25) is 0 Å². The summed E-state index contributed by atoms with van der Waals surface area (Å²) in [5, 5.41) is 51.4. The SMILES string of the molecule is CC(c1ccccc1)[C@H]1NC(=O)[C@H](C(C)(C)O)N(C)C(=O)[C@H](C2CCCCC2)NCC2CCc3cccc(c3O2)CCCNC1=O.CN1C(=O)[C@H](C2CCCCC2)NCC2CCc3cccc(c3O2)CCCNC(=O)[C@@H](Cc2ccc(O)cc2)NC(=O)[C@@H]1C(C)(C)O. The van der Waals surface area contributed by atoms with Gasteiger partial charge in [-0.15, -0.1) is 0 Å². The number of phenolic OH excluding ortho intramolecular Hbond substituents is 1. The summed E-state index contributed by atoms with van der Waals surface area (Å²) in [5.74, 6) is -0.540. The Hall–Kier alpha value is -7.06. The lowest BCUT2D eigenvalue weighted by atomic mass is 9.82. The van der Waals surface area contributed by atoms with E-state index in [-0.39, 0.29) is 65.8 Å². The van der Waals surface area contributed by atoms with Crippen molar-refractivity contribution in [3.63, 3.8) is 0 Å². The van der Waals surface area contributed by atoms with Gasteiger partial charge in [0.05, 0.1) is 23.3 Å². The normalized spacial score (nSPS) is 26.3. The fourth-order valence-corrected chi connectivity index (χ4v) is 14.9. The number of hydrogen-bond donors (Lipinski definition) is 9. The number of fused-ring (bicyclic) bond motifs is 2. The van der Waals surface area contributed by atoms with E-state index in [9.17, 15) is 44.1 Å². The number of nitrogens with zero attached hydrogens (tertiary/aromatic N) is 2. The number of amides is 6. The molecule has 9 atom stereocenters. The molecule has 500 valence electrons. The van der Waals surface area contributed by atoms with Gasteiger partial charge in [0, 0.05) is 52.6 Å². The summed E-state index contributed by atoms with van der Waals surface area (Å²) in [6.07, 6.45) is 16.4. The van der Waals surface area contributed by atoms with Gasteiger partial charge < -0.3 is 66.5 Å². The number of aryl methyl sites for hydroxylation is 4. The van der Waals surface area contributed by atoms with Gasteiger partial charge in [0.2, 0.25) is 35.4 Å². The summed E-state index contributed by atoms with van der Waals surface area (Å²) in [4.78, 5) is 87.0. The zero-order chi connectivity index (χ0) is 65.7.